The molecule has 1 aliphatic rings. The van der Waals surface area contributed by atoms with Crippen LogP contribution in [-0.2, 0) is 26.5 Å². The van der Waals surface area contributed by atoms with Gasteiger partial charge in [-0.05, 0) is 100 Å². The van der Waals surface area contributed by atoms with E-state index in [1.54, 1.807) is 12.1 Å². The number of fused-ring (bicyclic) bond motifs is 8. The molecule has 358 valence electrons. The third-order valence-electron chi connectivity index (χ3n) is 13.9. The molecule has 0 saturated carbocycles. The van der Waals surface area contributed by atoms with Gasteiger partial charge in [0.25, 0.3) is 0 Å². The van der Waals surface area contributed by atoms with E-state index in [9.17, 15) is 4.39 Å². The number of rotatable bonds is 8. The second kappa shape index (κ2) is 18.3. The van der Waals surface area contributed by atoms with Crippen molar-refractivity contribution in [1.82, 2.24) is 9.55 Å². The summed E-state index contributed by atoms with van der Waals surface area (Å²) >= 11 is 1.81. The molecule has 0 unspecified atom stereocenters. The number of hydrogen-bond donors (Lipinski definition) is 0. The summed E-state index contributed by atoms with van der Waals surface area (Å²) in [5, 5.41) is 4.66. The van der Waals surface area contributed by atoms with Gasteiger partial charge in [0.2, 0.25) is 0 Å². The molecule has 3 aromatic heterocycles. The number of ether oxygens (including phenoxy) is 1. The molecular formula is C65H46FN4OPtS-3. The molecule has 0 atom stereocenters. The van der Waals surface area contributed by atoms with Crippen LogP contribution in [0.2, 0.25) is 0 Å². The third-order valence-corrected chi connectivity index (χ3v) is 15.1. The van der Waals surface area contributed by atoms with Crippen molar-refractivity contribution < 1.29 is 30.2 Å². The Balaban J connectivity index is 0.00000543. The zero-order chi connectivity index (χ0) is 48.7. The SMILES string of the molecule is Cc1cc(-n2c3[c-]c(Oc4[c-]c(N5[CH-]N(c6c(-c7ccccc7)cc(C(C)(C)C)cc6-c6ccccc6)c6ccccc65)ccc4)ccc3c3c4sc5ccccc5c4ccc32)ncc1-c1ccc(F)cc1.[Pt]. The van der Waals surface area contributed by atoms with E-state index >= 15 is 0 Å². The number of benzene rings is 9. The van der Waals surface area contributed by atoms with Crippen LogP contribution in [0.5, 0.6) is 11.5 Å². The van der Waals surface area contributed by atoms with Crippen molar-refractivity contribution in [3.63, 3.8) is 0 Å². The smallest absolute Gasteiger partial charge is 0.135 e. The Morgan fingerprint density at radius 2 is 1.22 bits per heavy atom. The fourth-order valence-corrected chi connectivity index (χ4v) is 11.6. The first-order valence-corrected chi connectivity index (χ1v) is 25.0. The number of halogens is 1. The Bertz CT molecular complexity index is 4010. The minimum atomic E-state index is -0.267. The molecule has 5 nitrogen and oxygen atoms in total. The van der Waals surface area contributed by atoms with Gasteiger partial charge in [0.15, 0.2) is 0 Å². The Kier molecular flexibility index (Phi) is 11.6. The molecular weight excluding hydrogens is 1100 g/mol. The fraction of sp³-hybridized carbons (Fsp3) is 0.0769. The van der Waals surface area contributed by atoms with Gasteiger partial charge in [-0.2, -0.15) is 12.1 Å². The van der Waals surface area contributed by atoms with Crippen LogP contribution >= 0.6 is 11.3 Å². The van der Waals surface area contributed by atoms with Crippen molar-refractivity contribution in [3.05, 3.63) is 236 Å². The quantitative estimate of drug-likeness (QED) is 0.142. The summed E-state index contributed by atoms with van der Waals surface area (Å²) in [5.41, 5.74) is 14.6. The molecule has 0 saturated heterocycles. The molecule has 0 spiro atoms. The van der Waals surface area contributed by atoms with Crippen molar-refractivity contribution in [2.75, 3.05) is 9.80 Å². The van der Waals surface area contributed by atoms with E-state index in [1.807, 2.05) is 35.7 Å². The van der Waals surface area contributed by atoms with Crippen LogP contribution < -0.4 is 14.5 Å². The van der Waals surface area contributed by atoms with Crippen molar-refractivity contribution in [2.24, 2.45) is 0 Å². The van der Waals surface area contributed by atoms with Crippen molar-refractivity contribution in [3.8, 4) is 50.7 Å². The molecule has 8 heteroatoms. The Hall–Kier alpha value is -7.83. The van der Waals surface area contributed by atoms with Crippen LogP contribution in [0.4, 0.5) is 27.1 Å². The molecule has 0 amide bonds. The van der Waals surface area contributed by atoms with Gasteiger partial charge in [0, 0.05) is 98.2 Å². The van der Waals surface area contributed by atoms with Crippen LogP contribution in [0.3, 0.4) is 0 Å². The summed E-state index contributed by atoms with van der Waals surface area (Å²) < 4.78 is 25.4. The van der Waals surface area contributed by atoms with E-state index < -0.39 is 0 Å². The Labute approximate surface area is 442 Å². The molecule has 9 aromatic carbocycles. The molecule has 13 rings (SSSR count). The number of aromatic nitrogens is 2. The summed E-state index contributed by atoms with van der Waals surface area (Å²) in [6, 6.07) is 74.0. The maximum Gasteiger partial charge on any atom is 0.135 e. The van der Waals surface area contributed by atoms with E-state index in [4.69, 9.17) is 9.72 Å². The van der Waals surface area contributed by atoms with E-state index in [2.05, 4.69) is 213 Å². The van der Waals surface area contributed by atoms with E-state index in [0.29, 0.717) is 11.5 Å². The monoisotopic (exact) mass is 1140 g/mol. The van der Waals surface area contributed by atoms with Crippen molar-refractivity contribution in [2.45, 2.75) is 33.1 Å². The average Bonchev–Trinajstić information content (AvgIpc) is 4.09. The van der Waals surface area contributed by atoms with Crippen molar-refractivity contribution in [1.29, 1.82) is 0 Å². The predicted molar refractivity (Wildman–Crippen MR) is 297 cm³/mol. The number of para-hydroxylation sites is 2. The van der Waals surface area contributed by atoms with E-state index in [1.165, 1.54) is 37.9 Å². The molecule has 0 bridgehead atoms. The second-order valence-corrected chi connectivity index (χ2v) is 20.5. The van der Waals surface area contributed by atoms with Crippen LogP contribution in [0, 0.1) is 31.5 Å². The first kappa shape index (κ1) is 46.3. The van der Waals surface area contributed by atoms with E-state index in [-0.39, 0.29) is 32.3 Å². The van der Waals surface area contributed by atoms with Crippen LogP contribution in [-0.4, -0.2) is 9.55 Å². The standard InChI is InChI=1S/C65H46FN4OS.Pt/c1-41-34-61(67-39-55(41)44-26-28-46(66)29-27-44)70-58-33-32-51-50-22-11-14-25-60(50)72-64(51)62(58)52-31-30-49(38-59(52)70)71-48-21-15-20-47(37-48)68-40-69(57-24-13-12-23-56(57)68)63-53(42-16-7-5-8-17-42)35-45(65(2,3)4)36-54(63)43-18-9-6-10-19-43;/h5-36,39-40H,1-4H3;/q-3;. The number of anilines is 4. The number of pyridine rings is 1. The average molecular weight is 1150 g/mol. The molecule has 1 aliphatic heterocycles. The first-order chi connectivity index (χ1) is 35.1. The molecule has 0 aliphatic carbocycles. The molecule has 0 fully saturated rings. The van der Waals surface area contributed by atoms with Crippen LogP contribution in [0.15, 0.2) is 200 Å². The van der Waals surface area contributed by atoms with Crippen LogP contribution in [0.1, 0.15) is 31.9 Å². The molecule has 0 N–H and O–H groups in total. The summed E-state index contributed by atoms with van der Waals surface area (Å²) in [6.07, 6.45) is 1.88. The normalized spacial score (nSPS) is 12.5. The molecule has 73 heavy (non-hydrogen) atoms. The van der Waals surface area contributed by atoms with Gasteiger partial charge in [-0.15, -0.1) is 59.4 Å². The van der Waals surface area contributed by atoms with E-state index in [0.717, 1.165) is 89.3 Å². The largest absolute Gasteiger partial charge is 0.509 e. The summed E-state index contributed by atoms with van der Waals surface area (Å²) in [6.45, 7) is 11.1. The van der Waals surface area contributed by atoms with Gasteiger partial charge >= 0.3 is 0 Å². The van der Waals surface area contributed by atoms with Crippen LogP contribution in [0.25, 0.3) is 81.2 Å². The van der Waals surface area contributed by atoms with Gasteiger partial charge in [-0.1, -0.05) is 135 Å². The summed E-state index contributed by atoms with van der Waals surface area (Å²) in [5.74, 6) is 1.60. The first-order valence-electron chi connectivity index (χ1n) is 24.2. The summed E-state index contributed by atoms with van der Waals surface area (Å²) in [7, 11) is 0. The molecule has 4 heterocycles. The summed E-state index contributed by atoms with van der Waals surface area (Å²) in [4.78, 5) is 9.61. The van der Waals surface area contributed by atoms with Gasteiger partial charge in [-0.3, -0.25) is 0 Å². The number of thiophene rings is 1. The molecule has 0 radical (unpaired) electrons. The second-order valence-electron chi connectivity index (χ2n) is 19.5. The minimum absolute atomic E-state index is 0. The van der Waals surface area contributed by atoms with Gasteiger partial charge in [0.05, 0.1) is 0 Å². The zero-order valence-electron chi connectivity index (χ0n) is 40.4. The maximum atomic E-state index is 13.9. The molecule has 12 aromatic rings. The Morgan fingerprint density at radius 1 is 0.589 bits per heavy atom. The topological polar surface area (TPSA) is 33.5 Å². The maximum absolute atomic E-state index is 13.9. The fourth-order valence-electron chi connectivity index (χ4n) is 10.3. The van der Waals surface area contributed by atoms with Gasteiger partial charge in [0.1, 0.15) is 11.6 Å². The van der Waals surface area contributed by atoms with Gasteiger partial charge in [-0.25, -0.2) is 9.37 Å². The van der Waals surface area contributed by atoms with Gasteiger partial charge < -0.3 is 19.1 Å². The number of nitrogens with zero attached hydrogens (tertiary/aromatic N) is 4. The number of hydrogen-bond acceptors (Lipinski definition) is 5. The Morgan fingerprint density at radius 3 is 1.92 bits per heavy atom. The minimum Gasteiger partial charge on any atom is -0.509 e. The number of aryl methyl sites for hydroxylation is 1. The van der Waals surface area contributed by atoms with Crippen molar-refractivity contribution >= 4 is 76.1 Å². The predicted octanol–water partition coefficient (Wildman–Crippen LogP) is 18.1. The third kappa shape index (κ3) is 8.08. The zero-order valence-corrected chi connectivity index (χ0v) is 43.5.